The fraction of sp³-hybridized carbons (Fsp3) is 0.353. The van der Waals surface area contributed by atoms with Crippen molar-refractivity contribution in [3.63, 3.8) is 0 Å². The van der Waals surface area contributed by atoms with Gasteiger partial charge in [-0.2, -0.15) is 0 Å². The second-order valence-electron chi connectivity index (χ2n) is 5.49. The van der Waals surface area contributed by atoms with Crippen molar-refractivity contribution in [3.05, 3.63) is 52.2 Å². The van der Waals surface area contributed by atoms with Crippen LogP contribution in [-0.2, 0) is 11.2 Å². The van der Waals surface area contributed by atoms with Gasteiger partial charge < -0.3 is 5.32 Å². The zero-order chi connectivity index (χ0) is 14.7. The lowest BCUT2D eigenvalue weighted by molar-refractivity contribution is -0.118. The van der Waals surface area contributed by atoms with E-state index in [1.54, 1.807) is 0 Å². The second-order valence-corrected chi connectivity index (χ2v) is 6.49. The van der Waals surface area contributed by atoms with Gasteiger partial charge in [0.25, 0.3) is 0 Å². The van der Waals surface area contributed by atoms with E-state index < -0.39 is 0 Å². The third-order valence-electron chi connectivity index (χ3n) is 3.94. The lowest BCUT2D eigenvalue weighted by Gasteiger charge is -2.26. The quantitative estimate of drug-likeness (QED) is 0.903. The van der Waals surface area contributed by atoms with Gasteiger partial charge in [0.05, 0.1) is 6.04 Å². The Labute approximate surface area is 129 Å². The van der Waals surface area contributed by atoms with E-state index in [9.17, 15) is 4.79 Å². The molecular formula is C17H20N2OS. The van der Waals surface area contributed by atoms with E-state index in [1.165, 1.54) is 23.3 Å². The summed E-state index contributed by atoms with van der Waals surface area (Å²) in [6, 6.07) is 11.9. The standard InChI is InChI=1S/C17H20N2OS/c1-12(17(20)19-13-6-3-2-4-7-13)18-15-8-5-9-16-14(15)10-11-21-16/h2-4,6-7,10-12,15,18H,5,8-9H2,1H3,(H,19,20). The molecule has 1 aliphatic carbocycles. The molecule has 1 aromatic carbocycles. The molecule has 0 radical (unpaired) electrons. The first-order valence-corrected chi connectivity index (χ1v) is 8.30. The maximum absolute atomic E-state index is 12.3. The van der Waals surface area contributed by atoms with Gasteiger partial charge in [0, 0.05) is 16.6 Å². The van der Waals surface area contributed by atoms with E-state index in [-0.39, 0.29) is 11.9 Å². The van der Waals surface area contributed by atoms with E-state index in [0.717, 1.165) is 12.1 Å². The molecule has 1 aromatic heterocycles. The van der Waals surface area contributed by atoms with Crippen LogP contribution in [0, 0.1) is 0 Å². The largest absolute Gasteiger partial charge is 0.325 e. The van der Waals surface area contributed by atoms with E-state index >= 15 is 0 Å². The van der Waals surface area contributed by atoms with Gasteiger partial charge in [0.2, 0.25) is 5.91 Å². The fourth-order valence-electron chi connectivity index (χ4n) is 2.81. The summed E-state index contributed by atoms with van der Waals surface area (Å²) < 4.78 is 0. The van der Waals surface area contributed by atoms with Gasteiger partial charge in [0.15, 0.2) is 0 Å². The van der Waals surface area contributed by atoms with Crippen LogP contribution in [0.5, 0.6) is 0 Å². The van der Waals surface area contributed by atoms with Gasteiger partial charge in [-0.25, -0.2) is 0 Å². The maximum Gasteiger partial charge on any atom is 0.241 e. The molecule has 21 heavy (non-hydrogen) atoms. The number of carbonyl (C=O) groups excluding carboxylic acids is 1. The summed E-state index contributed by atoms with van der Waals surface area (Å²) in [5.74, 6) is 0.0172. The lowest BCUT2D eigenvalue weighted by atomic mass is 9.93. The minimum absolute atomic E-state index is 0.0172. The van der Waals surface area contributed by atoms with Crippen molar-refractivity contribution in [1.29, 1.82) is 0 Å². The molecule has 1 amide bonds. The zero-order valence-electron chi connectivity index (χ0n) is 12.1. The summed E-state index contributed by atoms with van der Waals surface area (Å²) in [6.07, 6.45) is 3.47. The van der Waals surface area contributed by atoms with Crippen molar-refractivity contribution in [1.82, 2.24) is 5.32 Å². The monoisotopic (exact) mass is 300 g/mol. The number of amides is 1. The number of rotatable bonds is 4. The molecular weight excluding hydrogens is 280 g/mol. The lowest BCUT2D eigenvalue weighted by Crippen LogP contribution is -2.40. The first kappa shape index (κ1) is 14.3. The van der Waals surface area contributed by atoms with Crippen molar-refractivity contribution >= 4 is 22.9 Å². The van der Waals surface area contributed by atoms with Gasteiger partial charge >= 0.3 is 0 Å². The van der Waals surface area contributed by atoms with Crippen molar-refractivity contribution in [3.8, 4) is 0 Å². The van der Waals surface area contributed by atoms with Crippen LogP contribution in [-0.4, -0.2) is 11.9 Å². The van der Waals surface area contributed by atoms with Crippen molar-refractivity contribution in [2.45, 2.75) is 38.3 Å². The summed E-state index contributed by atoms with van der Waals surface area (Å²) in [5.41, 5.74) is 2.22. The Morgan fingerprint density at radius 1 is 1.29 bits per heavy atom. The van der Waals surface area contributed by atoms with Crippen LogP contribution in [0.2, 0.25) is 0 Å². The van der Waals surface area contributed by atoms with Crippen LogP contribution >= 0.6 is 11.3 Å². The highest BCUT2D eigenvalue weighted by molar-refractivity contribution is 7.10. The topological polar surface area (TPSA) is 41.1 Å². The van der Waals surface area contributed by atoms with E-state index in [0.29, 0.717) is 6.04 Å². The van der Waals surface area contributed by atoms with Gasteiger partial charge in [0.1, 0.15) is 0 Å². The minimum Gasteiger partial charge on any atom is -0.325 e. The highest BCUT2D eigenvalue weighted by atomic mass is 32.1. The molecule has 0 bridgehead atoms. The summed E-state index contributed by atoms with van der Waals surface area (Å²) in [4.78, 5) is 13.7. The van der Waals surface area contributed by atoms with Gasteiger partial charge in [-0.15, -0.1) is 11.3 Å². The van der Waals surface area contributed by atoms with Crippen LogP contribution in [0.1, 0.15) is 36.2 Å². The molecule has 2 unspecified atom stereocenters. The second kappa shape index (κ2) is 6.41. The summed E-state index contributed by atoms with van der Waals surface area (Å²) in [7, 11) is 0. The molecule has 0 aliphatic heterocycles. The van der Waals surface area contributed by atoms with Crippen LogP contribution in [0.15, 0.2) is 41.8 Å². The number of benzene rings is 1. The molecule has 2 N–H and O–H groups in total. The van der Waals surface area contributed by atoms with Crippen LogP contribution in [0.4, 0.5) is 5.69 Å². The number of thiophene rings is 1. The fourth-order valence-corrected chi connectivity index (χ4v) is 3.80. The van der Waals surface area contributed by atoms with Gasteiger partial charge in [-0.1, -0.05) is 18.2 Å². The van der Waals surface area contributed by atoms with Crippen molar-refractivity contribution in [2.75, 3.05) is 5.32 Å². The van der Waals surface area contributed by atoms with Gasteiger partial charge in [-0.05, 0) is 55.3 Å². The average molecular weight is 300 g/mol. The minimum atomic E-state index is -0.207. The predicted octanol–water partition coefficient (Wildman–Crippen LogP) is 3.74. The number of hydrogen-bond acceptors (Lipinski definition) is 3. The predicted molar refractivity (Wildman–Crippen MR) is 87.7 cm³/mol. The summed E-state index contributed by atoms with van der Waals surface area (Å²) >= 11 is 1.83. The summed E-state index contributed by atoms with van der Waals surface area (Å²) in [6.45, 7) is 1.93. The van der Waals surface area contributed by atoms with Gasteiger partial charge in [-0.3, -0.25) is 10.1 Å². The Bertz CT molecular complexity index is 608. The molecule has 0 saturated carbocycles. The molecule has 0 fully saturated rings. The third-order valence-corrected chi connectivity index (χ3v) is 4.93. The molecule has 0 saturated heterocycles. The molecule has 2 atom stereocenters. The number of para-hydroxylation sites is 1. The number of nitrogens with one attached hydrogen (secondary N) is 2. The molecule has 4 heteroatoms. The molecule has 1 heterocycles. The zero-order valence-corrected chi connectivity index (χ0v) is 13.0. The molecule has 1 aliphatic rings. The number of anilines is 1. The Kier molecular flexibility index (Phi) is 4.36. The highest BCUT2D eigenvalue weighted by Gasteiger charge is 2.24. The van der Waals surface area contributed by atoms with Crippen molar-refractivity contribution in [2.24, 2.45) is 0 Å². The Balaban J connectivity index is 1.62. The van der Waals surface area contributed by atoms with Crippen LogP contribution < -0.4 is 10.6 Å². The van der Waals surface area contributed by atoms with Crippen molar-refractivity contribution < 1.29 is 4.79 Å². The Morgan fingerprint density at radius 3 is 2.90 bits per heavy atom. The number of aryl methyl sites for hydroxylation is 1. The van der Waals surface area contributed by atoms with Crippen LogP contribution in [0.25, 0.3) is 0 Å². The normalized spacial score (nSPS) is 18.8. The molecule has 2 aromatic rings. The first-order valence-electron chi connectivity index (χ1n) is 7.42. The molecule has 0 spiro atoms. The average Bonchev–Trinajstić information content (AvgIpc) is 2.98. The number of hydrogen-bond donors (Lipinski definition) is 2. The highest BCUT2D eigenvalue weighted by Crippen LogP contribution is 2.33. The molecule has 3 nitrogen and oxygen atoms in total. The SMILES string of the molecule is CC(NC1CCCc2sccc21)C(=O)Nc1ccccc1. The van der Waals surface area contributed by atoms with E-state index in [2.05, 4.69) is 22.1 Å². The maximum atomic E-state index is 12.3. The van der Waals surface area contributed by atoms with E-state index in [4.69, 9.17) is 0 Å². The molecule has 110 valence electrons. The van der Waals surface area contributed by atoms with E-state index in [1.807, 2.05) is 48.6 Å². The van der Waals surface area contributed by atoms with Crippen LogP contribution in [0.3, 0.4) is 0 Å². The molecule has 3 rings (SSSR count). The number of carbonyl (C=O) groups is 1. The smallest absolute Gasteiger partial charge is 0.241 e. The number of fused-ring (bicyclic) bond motifs is 1. The first-order chi connectivity index (χ1) is 10.2. The third kappa shape index (κ3) is 3.34. The Hall–Kier alpha value is -1.65. The summed E-state index contributed by atoms with van der Waals surface area (Å²) in [5, 5.41) is 8.58. The Morgan fingerprint density at radius 2 is 2.10 bits per heavy atom.